The van der Waals surface area contributed by atoms with Gasteiger partial charge < -0.3 is 9.47 Å². The van der Waals surface area contributed by atoms with Crippen LogP contribution in [0.25, 0.3) is 0 Å². The number of methoxy groups -OCH3 is 1. The quantitative estimate of drug-likeness (QED) is 0.647. The highest BCUT2D eigenvalue weighted by Crippen LogP contribution is 2.39. The van der Waals surface area contributed by atoms with E-state index in [1.165, 1.54) is 7.11 Å². The van der Waals surface area contributed by atoms with E-state index in [-0.39, 0.29) is 12.5 Å². The molecule has 0 N–H and O–H groups in total. The summed E-state index contributed by atoms with van der Waals surface area (Å²) in [6.07, 6.45) is 0.306. The molecule has 1 saturated carbocycles. The smallest absolute Gasteiger partial charge is 0.381 e. The van der Waals surface area contributed by atoms with E-state index < -0.39 is 18.2 Å². The fourth-order valence-corrected chi connectivity index (χ4v) is 2.66. The molecule has 19 heavy (non-hydrogen) atoms. The fraction of sp³-hybridized carbons (Fsp3) is 1.00. The monoisotopic (exact) mass is 282 g/mol. The van der Waals surface area contributed by atoms with E-state index in [4.69, 9.17) is 9.47 Å². The van der Waals surface area contributed by atoms with Crippen molar-refractivity contribution in [2.75, 3.05) is 13.7 Å². The Morgan fingerprint density at radius 1 is 1.11 bits per heavy atom. The minimum atomic E-state index is -4.19. The van der Waals surface area contributed by atoms with Crippen LogP contribution in [0.3, 0.4) is 0 Å². The molecule has 1 aliphatic rings. The lowest BCUT2D eigenvalue weighted by atomic mass is 9.84. The van der Waals surface area contributed by atoms with Crippen LogP contribution in [-0.2, 0) is 9.47 Å². The van der Waals surface area contributed by atoms with Gasteiger partial charge in [-0.25, -0.2) is 0 Å². The summed E-state index contributed by atoms with van der Waals surface area (Å²) in [5.41, 5.74) is 0. The number of halogens is 3. The predicted molar refractivity (Wildman–Crippen MR) is 68.1 cm³/mol. The predicted octanol–water partition coefficient (Wildman–Crippen LogP) is 4.33. The van der Waals surface area contributed by atoms with E-state index in [0.717, 1.165) is 25.7 Å². The molecule has 0 aromatic carbocycles. The summed E-state index contributed by atoms with van der Waals surface area (Å²) in [6, 6.07) is 0. The van der Waals surface area contributed by atoms with Gasteiger partial charge in [0.2, 0.25) is 0 Å². The normalized spacial score (nSPS) is 28.6. The second kappa shape index (κ2) is 8.10. The van der Waals surface area contributed by atoms with Gasteiger partial charge in [0.05, 0.1) is 18.1 Å². The van der Waals surface area contributed by atoms with Gasteiger partial charge in [-0.1, -0.05) is 26.2 Å². The lowest BCUT2D eigenvalue weighted by Crippen LogP contribution is -2.42. The molecule has 2 nitrogen and oxygen atoms in total. The molecular formula is C14H25F3O2. The number of unbranched alkanes of at least 4 members (excludes halogenated alkanes) is 3. The highest BCUT2D eigenvalue weighted by Gasteiger charge is 2.48. The van der Waals surface area contributed by atoms with Crippen molar-refractivity contribution in [3.63, 3.8) is 0 Å². The van der Waals surface area contributed by atoms with E-state index in [1.54, 1.807) is 0 Å². The molecule has 1 rings (SSSR count). The zero-order valence-electron chi connectivity index (χ0n) is 11.8. The van der Waals surface area contributed by atoms with Gasteiger partial charge in [0.25, 0.3) is 0 Å². The standard InChI is InChI=1S/C14H25F3O2/c1-3-4-5-6-9-19-11-7-8-13(18-2)12(10-11)14(15,16)17/h11-13H,3-10H2,1-2H3/t11-,12-,13-/m1/s1. The average Bonchev–Trinajstić information content (AvgIpc) is 2.37. The molecule has 0 aromatic rings. The first-order valence-electron chi connectivity index (χ1n) is 7.20. The third-order valence-electron chi connectivity index (χ3n) is 3.81. The number of rotatable bonds is 7. The molecule has 1 aliphatic carbocycles. The Hall–Kier alpha value is -0.290. The molecule has 5 heteroatoms. The Balaban J connectivity index is 2.34. The van der Waals surface area contributed by atoms with Gasteiger partial charge in [0, 0.05) is 13.7 Å². The highest BCUT2D eigenvalue weighted by molar-refractivity contribution is 4.85. The van der Waals surface area contributed by atoms with Gasteiger partial charge in [-0.2, -0.15) is 13.2 Å². The Morgan fingerprint density at radius 2 is 1.84 bits per heavy atom. The molecule has 0 amide bonds. The van der Waals surface area contributed by atoms with Gasteiger partial charge in [-0.15, -0.1) is 0 Å². The van der Waals surface area contributed by atoms with Crippen LogP contribution in [0, 0.1) is 5.92 Å². The summed E-state index contributed by atoms with van der Waals surface area (Å²) in [6.45, 7) is 2.70. The Kier molecular flexibility index (Phi) is 7.15. The lowest BCUT2D eigenvalue weighted by molar-refractivity contribution is -0.223. The topological polar surface area (TPSA) is 18.5 Å². The molecule has 0 heterocycles. The molecule has 0 bridgehead atoms. The molecule has 3 atom stereocenters. The minimum Gasteiger partial charge on any atom is -0.381 e. The van der Waals surface area contributed by atoms with Crippen molar-refractivity contribution in [3.05, 3.63) is 0 Å². The Labute approximate surface area is 113 Å². The fourth-order valence-electron chi connectivity index (χ4n) is 2.66. The molecule has 0 aliphatic heterocycles. The van der Waals surface area contributed by atoms with Gasteiger partial charge >= 0.3 is 6.18 Å². The maximum atomic E-state index is 12.9. The van der Waals surface area contributed by atoms with Crippen molar-refractivity contribution in [1.82, 2.24) is 0 Å². The summed E-state index contributed by atoms with van der Waals surface area (Å²) in [7, 11) is 1.36. The zero-order chi connectivity index (χ0) is 14.3. The van der Waals surface area contributed by atoms with Crippen LogP contribution in [0.5, 0.6) is 0 Å². The maximum Gasteiger partial charge on any atom is 0.394 e. The number of alkyl halides is 3. The van der Waals surface area contributed by atoms with Crippen LogP contribution in [-0.4, -0.2) is 32.1 Å². The Bertz CT molecular complexity index is 243. The van der Waals surface area contributed by atoms with E-state index in [9.17, 15) is 13.2 Å². The van der Waals surface area contributed by atoms with Crippen LogP contribution in [0.1, 0.15) is 51.9 Å². The van der Waals surface area contributed by atoms with Gasteiger partial charge in [-0.3, -0.25) is 0 Å². The summed E-state index contributed by atoms with van der Waals surface area (Å²) in [5, 5.41) is 0. The molecule has 114 valence electrons. The van der Waals surface area contributed by atoms with E-state index in [0.29, 0.717) is 19.4 Å². The number of hydrogen-bond donors (Lipinski definition) is 0. The summed E-state index contributed by atoms with van der Waals surface area (Å²) < 4.78 is 49.3. The van der Waals surface area contributed by atoms with Crippen molar-refractivity contribution in [2.45, 2.75) is 70.3 Å². The van der Waals surface area contributed by atoms with E-state index >= 15 is 0 Å². The van der Waals surface area contributed by atoms with Crippen LogP contribution in [0.4, 0.5) is 13.2 Å². The molecule has 0 saturated heterocycles. The first kappa shape index (κ1) is 16.8. The number of ether oxygens (including phenoxy) is 2. The first-order valence-corrected chi connectivity index (χ1v) is 7.20. The molecule has 0 unspecified atom stereocenters. The third kappa shape index (κ3) is 5.69. The summed E-state index contributed by atoms with van der Waals surface area (Å²) in [4.78, 5) is 0. The third-order valence-corrected chi connectivity index (χ3v) is 3.81. The largest absolute Gasteiger partial charge is 0.394 e. The molecule has 0 spiro atoms. The lowest BCUT2D eigenvalue weighted by Gasteiger charge is -2.36. The van der Waals surface area contributed by atoms with Gasteiger partial charge in [0.1, 0.15) is 0 Å². The van der Waals surface area contributed by atoms with Crippen LogP contribution < -0.4 is 0 Å². The van der Waals surface area contributed by atoms with Crippen molar-refractivity contribution in [2.24, 2.45) is 5.92 Å². The maximum absolute atomic E-state index is 12.9. The zero-order valence-corrected chi connectivity index (χ0v) is 11.8. The molecule has 0 radical (unpaired) electrons. The molecular weight excluding hydrogens is 257 g/mol. The second-order valence-electron chi connectivity index (χ2n) is 5.29. The highest BCUT2D eigenvalue weighted by atomic mass is 19.4. The SMILES string of the molecule is CCCCCCO[C@@H]1CC[C@@H](OC)[C@H](C(F)(F)F)C1. The molecule has 1 fully saturated rings. The van der Waals surface area contributed by atoms with Crippen molar-refractivity contribution < 1.29 is 22.6 Å². The van der Waals surface area contributed by atoms with Crippen LogP contribution in [0.15, 0.2) is 0 Å². The van der Waals surface area contributed by atoms with Gasteiger partial charge in [-0.05, 0) is 25.7 Å². The van der Waals surface area contributed by atoms with Crippen molar-refractivity contribution in [3.8, 4) is 0 Å². The molecule has 0 aromatic heterocycles. The Morgan fingerprint density at radius 3 is 2.42 bits per heavy atom. The van der Waals surface area contributed by atoms with Crippen molar-refractivity contribution in [1.29, 1.82) is 0 Å². The van der Waals surface area contributed by atoms with Crippen LogP contribution >= 0.6 is 0 Å². The van der Waals surface area contributed by atoms with E-state index in [1.807, 2.05) is 0 Å². The number of hydrogen-bond acceptors (Lipinski definition) is 2. The summed E-state index contributed by atoms with van der Waals surface area (Å²) >= 11 is 0. The van der Waals surface area contributed by atoms with Crippen LogP contribution in [0.2, 0.25) is 0 Å². The minimum absolute atomic E-state index is 0.0375. The van der Waals surface area contributed by atoms with Gasteiger partial charge in [0.15, 0.2) is 0 Å². The summed E-state index contributed by atoms with van der Waals surface area (Å²) in [5.74, 6) is -1.38. The van der Waals surface area contributed by atoms with E-state index in [2.05, 4.69) is 6.92 Å². The van der Waals surface area contributed by atoms with Crippen molar-refractivity contribution >= 4 is 0 Å². The second-order valence-corrected chi connectivity index (χ2v) is 5.29. The average molecular weight is 282 g/mol. The first-order chi connectivity index (χ1) is 8.99.